The van der Waals surface area contributed by atoms with Crippen LogP contribution in [0.3, 0.4) is 0 Å². The van der Waals surface area contributed by atoms with E-state index in [1.807, 2.05) is 36.7 Å². The van der Waals surface area contributed by atoms with Crippen LogP contribution in [0, 0.1) is 13.8 Å². The van der Waals surface area contributed by atoms with Crippen LogP contribution < -0.4 is 5.32 Å². The maximum Gasteiger partial charge on any atom is 0.262 e. The fourth-order valence-electron chi connectivity index (χ4n) is 2.60. The van der Waals surface area contributed by atoms with Crippen molar-refractivity contribution < 1.29 is 4.79 Å². The van der Waals surface area contributed by atoms with Crippen molar-refractivity contribution in [3.05, 3.63) is 50.6 Å². The number of amides is 1. The van der Waals surface area contributed by atoms with Crippen LogP contribution in [0.4, 0.5) is 0 Å². The Labute approximate surface area is 154 Å². The van der Waals surface area contributed by atoms with Gasteiger partial charge in [-0.2, -0.15) is 5.10 Å². The molecule has 0 unspecified atom stereocenters. The summed E-state index contributed by atoms with van der Waals surface area (Å²) in [5.41, 5.74) is 2.13. The monoisotopic (exact) mass is 381 g/mol. The number of rotatable bonds is 5. The molecule has 0 radical (unpaired) electrons. The van der Waals surface area contributed by atoms with Crippen molar-refractivity contribution in [1.29, 1.82) is 0 Å². The van der Waals surface area contributed by atoms with E-state index in [-0.39, 0.29) is 5.91 Å². The lowest BCUT2D eigenvalue weighted by molar-refractivity contribution is 0.0957. The second-order valence-corrected chi connectivity index (χ2v) is 7.51. The van der Waals surface area contributed by atoms with Gasteiger partial charge in [-0.05, 0) is 38.5 Å². The second kappa shape index (κ2) is 7.13. The van der Waals surface area contributed by atoms with Crippen LogP contribution in [-0.2, 0) is 6.54 Å². The predicted molar refractivity (Wildman–Crippen MR) is 100 cm³/mol. The molecule has 3 rings (SSSR count). The summed E-state index contributed by atoms with van der Waals surface area (Å²) in [4.78, 5) is 12.9. The topological polar surface area (TPSA) is 46.9 Å². The van der Waals surface area contributed by atoms with E-state index in [2.05, 4.69) is 10.4 Å². The summed E-state index contributed by atoms with van der Waals surface area (Å²) in [6, 6.07) is 7.49. The molecule has 0 aliphatic heterocycles. The molecule has 0 fully saturated rings. The summed E-state index contributed by atoms with van der Waals surface area (Å²) in [5, 5.41) is 9.32. The van der Waals surface area contributed by atoms with E-state index < -0.39 is 0 Å². The third-order valence-corrected chi connectivity index (χ3v) is 5.62. The van der Waals surface area contributed by atoms with Crippen LogP contribution >= 0.6 is 34.5 Å². The number of hydrogen-bond donors (Lipinski definition) is 1. The zero-order valence-corrected chi connectivity index (χ0v) is 15.7. The Morgan fingerprint density at radius 2 is 2.08 bits per heavy atom. The van der Waals surface area contributed by atoms with Crippen LogP contribution in [0.1, 0.15) is 27.5 Å². The van der Waals surface area contributed by atoms with Crippen LogP contribution in [0.15, 0.2) is 24.3 Å². The molecule has 24 heavy (non-hydrogen) atoms. The first kappa shape index (κ1) is 17.3. The molecule has 0 bridgehead atoms. The van der Waals surface area contributed by atoms with Crippen LogP contribution in [0.25, 0.3) is 10.1 Å². The number of carbonyl (C=O) groups is 1. The molecule has 0 atom stereocenters. The summed E-state index contributed by atoms with van der Waals surface area (Å²) in [5.74, 6) is -0.148. The molecule has 3 aromatic rings. The maximum absolute atomic E-state index is 12.4. The molecule has 126 valence electrons. The Bertz CT molecular complexity index is 901. The number of halogens is 2. The van der Waals surface area contributed by atoms with Crippen LogP contribution in [0.2, 0.25) is 10.0 Å². The van der Waals surface area contributed by atoms with E-state index in [0.717, 1.165) is 34.4 Å². The van der Waals surface area contributed by atoms with Gasteiger partial charge in [-0.15, -0.1) is 11.3 Å². The molecule has 1 aromatic carbocycles. The molecule has 4 nitrogen and oxygen atoms in total. The molecule has 2 aromatic heterocycles. The molecule has 0 spiro atoms. The van der Waals surface area contributed by atoms with Gasteiger partial charge in [0.2, 0.25) is 0 Å². The largest absolute Gasteiger partial charge is 0.351 e. The molecule has 0 saturated heterocycles. The van der Waals surface area contributed by atoms with Crippen molar-refractivity contribution in [1.82, 2.24) is 15.1 Å². The fraction of sp³-hybridized carbons (Fsp3) is 0.294. The first-order valence-electron chi connectivity index (χ1n) is 7.62. The molecule has 0 aliphatic carbocycles. The van der Waals surface area contributed by atoms with Gasteiger partial charge in [0.15, 0.2) is 0 Å². The number of fused-ring (bicyclic) bond motifs is 1. The molecular weight excluding hydrogens is 365 g/mol. The number of nitrogens with one attached hydrogen (secondary N) is 1. The highest BCUT2D eigenvalue weighted by molar-refractivity contribution is 7.21. The standard InChI is InChI=1S/C17H17Cl2N3OS/c1-10-8-11(2)22(21-10)7-3-6-20-17(23)16-15(19)13-5-4-12(18)9-14(13)24-16/h4-5,8-9H,3,6-7H2,1-2H3,(H,20,23). The van der Waals surface area contributed by atoms with Crippen LogP contribution in [0.5, 0.6) is 0 Å². The molecule has 1 N–H and O–H groups in total. The van der Waals surface area contributed by atoms with Gasteiger partial charge in [-0.3, -0.25) is 9.48 Å². The highest BCUT2D eigenvalue weighted by Gasteiger charge is 2.16. The molecule has 0 saturated carbocycles. The van der Waals surface area contributed by atoms with E-state index in [4.69, 9.17) is 23.2 Å². The summed E-state index contributed by atoms with van der Waals surface area (Å²) in [6.45, 7) is 5.35. The number of nitrogens with zero attached hydrogens (tertiary/aromatic N) is 2. The lowest BCUT2D eigenvalue weighted by Gasteiger charge is -2.06. The van der Waals surface area contributed by atoms with E-state index >= 15 is 0 Å². The van der Waals surface area contributed by atoms with E-state index in [9.17, 15) is 4.79 Å². The first-order chi connectivity index (χ1) is 11.5. The van der Waals surface area contributed by atoms with E-state index in [1.165, 1.54) is 11.3 Å². The van der Waals surface area contributed by atoms with Crippen molar-refractivity contribution >= 4 is 50.5 Å². The summed E-state index contributed by atoms with van der Waals surface area (Å²) in [7, 11) is 0. The Kier molecular flexibility index (Phi) is 5.13. The molecular formula is C17H17Cl2N3OS. The van der Waals surface area contributed by atoms with Gasteiger partial charge in [0, 0.05) is 33.9 Å². The van der Waals surface area contributed by atoms with Crippen molar-refractivity contribution in [3.63, 3.8) is 0 Å². The third kappa shape index (κ3) is 3.58. The van der Waals surface area contributed by atoms with Gasteiger partial charge >= 0.3 is 0 Å². The molecule has 0 aliphatic rings. The number of hydrogen-bond acceptors (Lipinski definition) is 3. The second-order valence-electron chi connectivity index (χ2n) is 5.65. The minimum Gasteiger partial charge on any atom is -0.351 e. The Hall–Kier alpha value is -1.56. The Balaban J connectivity index is 1.61. The zero-order valence-electron chi connectivity index (χ0n) is 13.4. The van der Waals surface area contributed by atoms with Crippen molar-refractivity contribution in [2.45, 2.75) is 26.8 Å². The Morgan fingerprint density at radius 1 is 1.29 bits per heavy atom. The van der Waals surface area contributed by atoms with Gasteiger partial charge in [-0.25, -0.2) is 0 Å². The van der Waals surface area contributed by atoms with E-state index in [0.29, 0.717) is 21.5 Å². The molecule has 7 heteroatoms. The first-order valence-corrected chi connectivity index (χ1v) is 9.20. The fourth-order valence-corrected chi connectivity index (χ4v) is 4.31. The SMILES string of the molecule is Cc1cc(C)n(CCCNC(=O)c2sc3cc(Cl)ccc3c2Cl)n1. The average molecular weight is 382 g/mol. The van der Waals surface area contributed by atoms with Gasteiger partial charge in [0.05, 0.1) is 10.7 Å². The van der Waals surface area contributed by atoms with Gasteiger partial charge in [0.1, 0.15) is 4.88 Å². The number of benzene rings is 1. The lowest BCUT2D eigenvalue weighted by Crippen LogP contribution is -2.24. The van der Waals surface area contributed by atoms with Crippen molar-refractivity contribution in [2.24, 2.45) is 0 Å². The highest BCUT2D eigenvalue weighted by Crippen LogP contribution is 2.36. The number of aryl methyl sites for hydroxylation is 3. The summed E-state index contributed by atoms with van der Waals surface area (Å²) in [6.07, 6.45) is 0.808. The van der Waals surface area contributed by atoms with Gasteiger partial charge in [0.25, 0.3) is 5.91 Å². The zero-order chi connectivity index (χ0) is 17.3. The molecule has 1 amide bonds. The van der Waals surface area contributed by atoms with Gasteiger partial charge < -0.3 is 5.32 Å². The number of thiophene rings is 1. The third-order valence-electron chi connectivity index (χ3n) is 3.73. The predicted octanol–water partition coefficient (Wildman–Crippen LogP) is 4.84. The minimum absolute atomic E-state index is 0.148. The highest BCUT2D eigenvalue weighted by atomic mass is 35.5. The average Bonchev–Trinajstić information content (AvgIpc) is 3.02. The lowest BCUT2D eigenvalue weighted by atomic mass is 10.2. The summed E-state index contributed by atoms with van der Waals surface area (Å²) >= 11 is 13.7. The number of carbonyl (C=O) groups excluding carboxylic acids is 1. The van der Waals surface area contributed by atoms with Crippen molar-refractivity contribution in [2.75, 3.05) is 6.54 Å². The smallest absolute Gasteiger partial charge is 0.262 e. The van der Waals surface area contributed by atoms with E-state index in [1.54, 1.807) is 6.07 Å². The normalized spacial score (nSPS) is 11.2. The summed E-state index contributed by atoms with van der Waals surface area (Å²) < 4.78 is 2.87. The maximum atomic E-state index is 12.4. The number of aromatic nitrogens is 2. The Morgan fingerprint density at radius 3 is 2.79 bits per heavy atom. The van der Waals surface area contributed by atoms with Gasteiger partial charge in [-0.1, -0.05) is 29.3 Å². The minimum atomic E-state index is -0.148. The quantitative estimate of drug-likeness (QED) is 0.642. The van der Waals surface area contributed by atoms with Crippen LogP contribution in [-0.4, -0.2) is 22.2 Å². The molecule has 2 heterocycles. The van der Waals surface area contributed by atoms with Crippen molar-refractivity contribution in [3.8, 4) is 0 Å².